The maximum atomic E-state index is 14.9. The number of amides is 1. The lowest BCUT2D eigenvalue weighted by molar-refractivity contribution is -0.296. The zero-order valence-corrected chi connectivity index (χ0v) is 44.9. The Bertz CT molecular complexity index is 2260. The molecule has 4 aliphatic heterocycles. The number of halogens is 1. The summed E-state index contributed by atoms with van der Waals surface area (Å²) in [7, 11) is 3.44. The maximum Gasteiger partial charge on any atom is 0.410 e. The topological polar surface area (TPSA) is 215 Å². The highest BCUT2D eigenvalue weighted by atomic mass is 127. The van der Waals surface area contributed by atoms with Gasteiger partial charge in [-0.05, 0) is 95.1 Å². The number of aliphatic hydroxyl groups excluding tert-OH is 1. The number of esters is 1. The number of aryl methyl sites for hydroxylation is 1. The van der Waals surface area contributed by atoms with Crippen molar-refractivity contribution in [2.45, 2.75) is 146 Å². The molecule has 7 heterocycles. The number of nitrogens with zero attached hydrogens (tertiary/aromatic N) is 9. The number of unbranched alkanes of at least 4 members (excludes halogenated alkanes) is 1. The van der Waals surface area contributed by atoms with Gasteiger partial charge in [0.2, 0.25) is 0 Å². The SMILES string of the molecule is CO[C@]1(C)C[C@@H](C)C(=O)[C@H](C)[C@H]2N(CCCCn3cnc(-c4cccnc4)c3)C(=O)O[C@]2(C)[C@@H](I)OC(=O)[C@H](C)C(=O)[C@H](C)[C@H]1O[C@@H]1O[C@H](C)C[C@H](N(C)CCc2cn(CCN3CCOCC3)nn2)[C@H]1O. The van der Waals surface area contributed by atoms with Gasteiger partial charge in [-0.2, -0.15) is 0 Å². The molecule has 0 aromatic carbocycles. The largest absolute Gasteiger partial charge is 0.447 e. The third-order valence-electron chi connectivity index (χ3n) is 15.2. The lowest BCUT2D eigenvalue weighted by Crippen LogP contribution is -2.60. The van der Waals surface area contributed by atoms with Crippen LogP contribution < -0.4 is 0 Å². The van der Waals surface area contributed by atoms with Crippen molar-refractivity contribution in [3.8, 4) is 11.3 Å². The van der Waals surface area contributed by atoms with Crippen molar-refractivity contribution >= 4 is 46.2 Å². The zero-order chi connectivity index (χ0) is 51.2. The Morgan fingerprint density at radius 1 is 0.972 bits per heavy atom. The highest BCUT2D eigenvalue weighted by Crippen LogP contribution is 2.44. The minimum absolute atomic E-state index is 0.0977. The van der Waals surface area contributed by atoms with E-state index in [-0.39, 0.29) is 30.9 Å². The number of cyclic esters (lactones) is 1. The third-order valence-corrected chi connectivity index (χ3v) is 16.7. The fourth-order valence-corrected chi connectivity index (χ4v) is 11.6. The standard InChI is InChI=1S/C50H74IN9O11/c1-31-26-49(6,66-9)44(69-46-42(63)39(25-32(2)68-46)56(8)18-14-37-28-59(55-54-37)20-19-57-21-23-67-24-22-57)34(4)41(62)35(5)45(64)70-47(51)50(7)43(33(3)40(31)61)60(48(65)71-50)17-11-10-16-58-29-38(53-30-58)36-13-12-15-52-27-36/h12-13,15,27-35,39,42-44,46-47,63H,10-11,14,16-26H2,1-9H3/t31-,32-,33+,34+,35-,39+,42-,43-,44-,46+,47+,49-,50+/m1/s1. The molecular weight excluding hydrogens is 1030 g/mol. The Morgan fingerprint density at radius 3 is 2.44 bits per heavy atom. The molecule has 0 aliphatic carbocycles. The number of carbonyl (C=O) groups is 4. The van der Waals surface area contributed by atoms with Gasteiger partial charge in [-0.15, -0.1) is 5.10 Å². The molecule has 0 spiro atoms. The van der Waals surface area contributed by atoms with Gasteiger partial charge in [0.05, 0.1) is 61.3 Å². The number of methoxy groups -OCH3 is 1. The van der Waals surface area contributed by atoms with Gasteiger partial charge < -0.3 is 47.9 Å². The first-order valence-electron chi connectivity index (χ1n) is 25.1. The quantitative estimate of drug-likeness (QED) is 0.0690. The van der Waals surface area contributed by atoms with Gasteiger partial charge in [0, 0.05) is 107 Å². The fourth-order valence-electron chi connectivity index (χ4n) is 10.8. The second-order valence-electron chi connectivity index (χ2n) is 20.4. The van der Waals surface area contributed by atoms with Crippen LogP contribution in [-0.4, -0.2) is 185 Å². The van der Waals surface area contributed by atoms with E-state index < -0.39 is 81.4 Å². The highest BCUT2D eigenvalue weighted by Gasteiger charge is 2.60. The summed E-state index contributed by atoms with van der Waals surface area (Å²) in [6, 6.07) is 2.59. The molecule has 392 valence electrons. The molecule has 0 saturated carbocycles. The fraction of sp³-hybridized carbons (Fsp3) is 0.720. The molecule has 3 aromatic heterocycles. The minimum Gasteiger partial charge on any atom is -0.447 e. The number of rotatable bonds is 16. The number of hydrogen-bond acceptors (Lipinski definition) is 17. The first kappa shape index (κ1) is 54.8. The van der Waals surface area contributed by atoms with Crippen molar-refractivity contribution in [2.75, 3.05) is 60.1 Å². The third kappa shape index (κ3) is 12.7. The first-order valence-corrected chi connectivity index (χ1v) is 26.3. The molecule has 20 nitrogen and oxygen atoms in total. The van der Waals surface area contributed by atoms with Gasteiger partial charge in [0.15, 0.2) is 21.8 Å². The van der Waals surface area contributed by atoms with Gasteiger partial charge in [0.25, 0.3) is 0 Å². The molecule has 71 heavy (non-hydrogen) atoms. The Balaban J connectivity index is 1.06. The average Bonchev–Trinajstić information content (AvgIpc) is 4.10. The Labute approximate surface area is 430 Å². The van der Waals surface area contributed by atoms with Crippen LogP contribution in [0.5, 0.6) is 0 Å². The molecule has 13 atom stereocenters. The Hall–Kier alpha value is -3.97. The van der Waals surface area contributed by atoms with Crippen LogP contribution in [0.25, 0.3) is 11.3 Å². The number of morpholine rings is 1. The smallest absolute Gasteiger partial charge is 0.410 e. The number of ether oxygens (including phenoxy) is 6. The predicted octanol–water partition coefficient (Wildman–Crippen LogP) is 4.45. The molecular formula is C50H74IN9O11. The number of aliphatic hydroxyl groups is 1. The Kier molecular flexibility index (Phi) is 18.5. The van der Waals surface area contributed by atoms with E-state index in [9.17, 15) is 24.3 Å². The van der Waals surface area contributed by atoms with Crippen LogP contribution in [0.4, 0.5) is 4.79 Å². The van der Waals surface area contributed by atoms with E-state index in [1.54, 1.807) is 51.3 Å². The monoisotopic (exact) mass is 1100 g/mol. The molecule has 0 radical (unpaired) electrons. The van der Waals surface area contributed by atoms with E-state index in [0.29, 0.717) is 38.8 Å². The highest BCUT2D eigenvalue weighted by molar-refractivity contribution is 14.1. The molecule has 4 aliphatic rings. The molecule has 3 aromatic rings. The number of ketones is 2. The van der Waals surface area contributed by atoms with Crippen molar-refractivity contribution in [1.82, 2.24) is 44.2 Å². The number of carbonyl (C=O) groups excluding carboxylic acids is 4. The van der Waals surface area contributed by atoms with Crippen LogP contribution in [0.3, 0.4) is 0 Å². The number of imidazole rings is 1. The number of aromatic nitrogens is 6. The van der Waals surface area contributed by atoms with Crippen LogP contribution in [0.1, 0.15) is 79.8 Å². The maximum absolute atomic E-state index is 14.9. The normalized spacial score (nSPS) is 33.7. The van der Waals surface area contributed by atoms with Gasteiger partial charge >= 0.3 is 12.1 Å². The van der Waals surface area contributed by atoms with E-state index in [4.69, 9.17) is 28.4 Å². The summed E-state index contributed by atoms with van der Waals surface area (Å²) < 4.78 is 39.8. The molecule has 1 amide bonds. The molecule has 1 N–H and O–H groups in total. The summed E-state index contributed by atoms with van der Waals surface area (Å²) in [6.45, 7) is 18.5. The number of fused-ring (bicyclic) bond motifs is 1. The second kappa shape index (κ2) is 23.9. The van der Waals surface area contributed by atoms with E-state index in [1.165, 1.54) is 14.0 Å². The van der Waals surface area contributed by atoms with Gasteiger partial charge in [-0.3, -0.25) is 28.9 Å². The van der Waals surface area contributed by atoms with Crippen LogP contribution in [0.15, 0.2) is 43.2 Å². The van der Waals surface area contributed by atoms with Crippen molar-refractivity contribution < 1.29 is 52.7 Å². The molecule has 4 saturated heterocycles. The molecule has 7 rings (SSSR count). The zero-order valence-electron chi connectivity index (χ0n) is 42.7. The molecule has 0 bridgehead atoms. The number of Topliss-reactive ketones (excluding diaryl/α,β-unsaturated/α-hetero) is 2. The van der Waals surface area contributed by atoms with Crippen LogP contribution >= 0.6 is 22.6 Å². The van der Waals surface area contributed by atoms with Crippen molar-refractivity contribution in [2.24, 2.45) is 23.7 Å². The van der Waals surface area contributed by atoms with E-state index in [0.717, 1.165) is 56.3 Å². The van der Waals surface area contributed by atoms with E-state index in [2.05, 4.69) is 30.1 Å². The predicted molar refractivity (Wildman–Crippen MR) is 268 cm³/mol. The summed E-state index contributed by atoms with van der Waals surface area (Å²) in [5.74, 6) is -5.20. The Morgan fingerprint density at radius 2 is 1.72 bits per heavy atom. The van der Waals surface area contributed by atoms with E-state index >= 15 is 0 Å². The summed E-state index contributed by atoms with van der Waals surface area (Å²) >= 11 is 1.94. The summed E-state index contributed by atoms with van der Waals surface area (Å²) in [5.41, 5.74) is -0.215. The lowest BCUT2D eigenvalue weighted by atomic mass is 9.74. The molecule has 4 fully saturated rings. The number of likely N-dealkylation sites (N-methyl/N-ethyl adjacent to an activating group) is 1. The summed E-state index contributed by atoms with van der Waals surface area (Å²) in [4.78, 5) is 72.1. The minimum atomic E-state index is -1.45. The van der Waals surface area contributed by atoms with Crippen molar-refractivity contribution in [3.63, 3.8) is 0 Å². The number of pyridine rings is 1. The average molecular weight is 1100 g/mol. The van der Waals surface area contributed by atoms with Crippen LogP contribution in [0, 0.1) is 23.7 Å². The second-order valence-corrected chi connectivity index (χ2v) is 21.6. The van der Waals surface area contributed by atoms with Gasteiger partial charge in [-0.25, -0.2) is 9.78 Å². The van der Waals surface area contributed by atoms with E-state index in [1.807, 2.05) is 77.3 Å². The van der Waals surface area contributed by atoms with Crippen LogP contribution in [-0.2, 0) is 62.3 Å². The first-order chi connectivity index (χ1) is 33.8. The van der Waals surface area contributed by atoms with Crippen molar-refractivity contribution in [3.05, 3.63) is 48.9 Å². The van der Waals surface area contributed by atoms with Gasteiger partial charge in [0.1, 0.15) is 17.8 Å². The van der Waals surface area contributed by atoms with Crippen LogP contribution in [0.2, 0.25) is 0 Å². The lowest BCUT2D eigenvalue weighted by Gasteiger charge is -2.47. The number of hydrogen-bond donors (Lipinski definition) is 1. The van der Waals surface area contributed by atoms with Gasteiger partial charge in [-0.1, -0.05) is 26.0 Å². The van der Waals surface area contributed by atoms with Crippen molar-refractivity contribution in [1.29, 1.82) is 0 Å². The molecule has 0 unspecified atom stereocenters. The molecule has 21 heteroatoms. The summed E-state index contributed by atoms with van der Waals surface area (Å²) in [6.07, 6.45) is 7.24. The summed E-state index contributed by atoms with van der Waals surface area (Å²) in [5, 5.41) is 20.8. The number of alkyl halides is 1.